The average Bonchev–Trinajstić information content (AvgIpc) is 3.73. The van der Waals surface area contributed by atoms with E-state index >= 15 is 0 Å². The number of hydrogen-bond donors (Lipinski definition) is 4. The van der Waals surface area contributed by atoms with Gasteiger partial charge < -0.3 is 30.5 Å². The number of aliphatic hydroxyl groups is 1. The molecule has 5 aromatic rings. The van der Waals surface area contributed by atoms with Crippen LogP contribution in [0.2, 0.25) is 0 Å². The van der Waals surface area contributed by atoms with Crippen molar-refractivity contribution in [1.82, 2.24) is 35.3 Å². The molecule has 4 N–H and O–H groups in total. The number of aromatic carboxylic acids is 1. The van der Waals surface area contributed by atoms with E-state index < -0.39 is 5.97 Å². The van der Waals surface area contributed by atoms with Crippen molar-refractivity contribution in [2.45, 2.75) is 90.2 Å². The highest BCUT2D eigenvalue weighted by atomic mass is 32.1. The van der Waals surface area contributed by atoms with Gasteiger partial charge in [0.25, 0.3) is 0 Å². The minimum atomic E-state index is -1.07. The van der Waals surface area contributed by atoms with Gasteiger partial charge in [-0.05, 0) is 133 Å². The summed E-state index contributed by atoms with van der Waals surface area (Å²) in [5.41, 5.74) is 5.34. The van der Waals surface area contributed by atoms with E-state index in [1.54, 1.807) is 11.3 Å². The Kier molecular flexibility index (Phi) is 10.7. The quantitative estimate of drug-likeness (QED) is 0.0776. The largest absolute Gasteiger partial charge is 0.476 e. The van der Waals surface area contributed by atoms with Crippen LogP contribution in [0, 0.1) is 37.5 Å². The van der Waals surface area contributed by atoms with Gasteiger partial charge in [-0.15, -0.1) is 10.2 Å². The van der Waals surface area contributed by atoms with Gasteiger partial charge in [-0.1, -0.05) is 23.5 Å². The molecule has 14 heteroatoms. The topological polar surface area (TPSA) is 163 Å². The standard InChI is InChI=1S/C43H53N9O4S/c1-26-32-8-7-15-51(40(32)50-49-39(26)48-42-46-35-9-3-4-10-36(35)57-42)37-12-11-33(38(47-37)41(54)55)34-24-45-52(27(34)2)25-31-20-29-18-28-19-30(31)23-43(21-28,22-29)56-17-14-44-13-5-6-16-53/h3-4,9-12,24,28-31,44,53H,5-8,13-23,25H2,1-2H3,(H,54,55)(H,46,48,49). The predicted octanol–water partition coefficient (Wildman–Crippen LogP) is 7.45. The van der Waals surface area contributed by atoms with E-state index in [1.165, 1.54) is 25.7 Å². The molecule has 4 aliphatic carbocycles. The second kappa shape index (κ2) is 16.0. The van der Waals surface area contributed by atoms with Crippen molar-refractivity contribution in [1.29, 1.82) is 0 Å². The number of hydrogen-bond acceptors (Lipinski definition) is 12. The molecule has 300 valence electrons. The Morgan fingerprint density at radius 3 is 2.70 bits per heavy atom. The second-order valence-corrected chi connectivity index (χ2v) is 17.9. The number of ether oxygens (including phenoxy) is 1. The van der Waals surface area contributed by atoms with Crippen LogP contribution in [0.4, 0.5) is 22.6 Å². The number of nitrogens with zero attached hydrogens (tertiary/aromatic N) is 7. The molecule has 0 amide bonds. The highest BCUT2D eigenvalue weighted by Crippen LogP contribution is 2.57. The normalized spacial score (nSPS) is 23.9. The fraction of sp³-hybridized carbons (Fsp3) is 0.535. The molecular weight excluding hydrogens is 739 g/mol. The van der Waals surface area contributed by atoms with Crippen LogP contribution in [-0.2, 0) is 17.7 Å². The zero-order valence-electron chi connectivity index (χ0n) is 32.9. The van der Waals surface area contributed by atoms with Gasteiger partial charge in [-0.25, -0.2) is 14.8 Å². The lowest BCUT2D eigenvalue weighted by Crippen LogP contribution is -2.46. The van der Waals surface area contributed by atoms with Crippen molar-refractivity contribution < 1.29 is 19.7 Å². The van der Waals surface area contributed by atoms with E-state index in [2.05, 4.69) is 38.5 Å². The minimum absolute atomic E-state index is 0.00784. The molecule has 57 heavy (non-hydrogen) atoms. The smallest absolute Gasteiger partial charge is 0.355 e. The minimum Gasteiger partial charge on any atom is -0.476 e. The second-order valence-electron chi connectivity index (χ2n) is 16.8. The molecule has 5 atom stereocenters. The summed E-state index contributed by atoms with van der Waals surface area (Å²) in [4.78, 5) is 24.3. The lowest BCUT2D eigenvalue weighted by atomic mass is 9.64. The van der Waals surface area contributed by atoms with E-state index in [4.69, 9.17) is 24.9 Å². The maximum absolute atomic E-state index is 12.9. The highest BCUT2D eigenvalue weighted by molar-refractivity contribution is 7.22. The van der Waals surface area contributed by atoms with Crippen LogP contribution in [-0.4, -0.2) is 84.6 Å². The summed E-state index contributed by atoms with van der Waals surface area (Å²) in [6.45, 7) is 8.34. The number of rotatable bonds is 15. The number of pyridine rings is 1. The first-order valence-electron chi connectivity index (χ1n) is 20.8. The number of aromatic nitrogens is 6. The first-order valence-corrected chi connectivity index (χ1v) is 21.6. The number of benzene rings is 1. The Hall–Kier alpha value is -4.50. The van der Waals surface area contributed by atoms with Crippen LogP contribution < -0.4 is 15.5 Å². The first-order chi connectivity index (χ1) is 27.8. The van der Waals surface area contributed by atoms with E-state index in [1.807, 2.05) is 48.4 Å². The van der Waals surface area contributed by atoms with E-state index in [0.717, 1.165) is 108 Å². The van der Waals surface area contributed by atoms with Gasteiger partial charge in [-0.2, -0.15) is 5.10 Å². The number of carboxylic acid groups (broad SMARTS) is 1. The zero-order chi connectivity index (χ0) is 39.1. The summed E-state index contributed by atoms with van der Waals surface area (Å²) >= 11 is 1.58. The Bertz CT molecular complexity index is 2230. The number of carbonyl (C=O) groups is 1. The number of para-hydroxylation sites is 1. The summed E-state index contributed by atoms with van der Waals surface area (Å²) in [7, 11) is 0. The summed E-state index contributed by atoms with van der Waals surface area (Å²) in [6.07, 6.45) is 12.6. The van der Waals surface area contributed by atoms with Crippen LogP contribution in [0.25, 0.3) is 21.3 Å². The third-order valence-corrected chi connectivity index (χ3v) is 14.0. The number of unbranched alkanes of at least 4 members (excludes halogenated alkanes) is 1. The van der Waals surface area contributed by atoms with Crippen molar-refractivity contribution in [2.24, 2.45) is 23.7 Å². The van der Waals surface area contributed by atoms with Gasteiger partial charge in [0, 0.05) is 54.2 Å². The van der Waals surface area contributed by atoms with Crippen molar-refractivity contribution in [2.75, 3.05) is 43.1 Å². The summed E-state index contributed by atoms with van der Waals surface area (Å²) in [6, 6.07) is 11.8. The Labute approximate surface area is 337 Å². The number of aliphatic hydroxyl groups excluding tert-OH is 1. The van der Waals surface area contributed by atoms with Gasteiger partial charge in [0.05, 0.1) is 28.6 Å². The molecule has 13 nitrogen and oxygen atoms in total. The van der Waals surface area contributed by atoms with Gasteiger partial charge in [0.2, 0.25) is 0 Å². The number of fused-ring (bicyclic) bond motifs is 3. The summed E-state index contributed by atoms with van der Waals surface area (Å²) in [5, 5.41) is 41.3. The molecule has 5 aliphatic rings. The van der Waals surface area contributed by atoms with E-state index in [-0.39, 0.29) is 17.9 Å². The molecule has 5 unspecified atom stereocenters. The molecule has 5 heterocycles. The Balaban J connectivity index is 0.908. The van der Waals surface area contributed by atoms with Crippen LogP contribution in [0.15, 0.2) is 42.6 Å². The van der Waals surface area contributed by atoms with Crippen LogP contribution in [0.5, 0.6) is 0 Å². The molecule has 0 spiro atoms. The molecule has 1 aromatic carbocycles. The molecule has 0 radical (unpaired) electrons. The van der Waals surface area contributed by atoms with Crippen LogP contribution in [0.3, 0.4) is 0 Å². The third kappa shape index (κ3) is 7.64. The number of carboxylic acids is 1. The average molecular weight is 792 g/mol. The van der Waals surface area contributed by atoms with Crippen molar-refractivity contribution >= 4 is 50.1 Å². The summed E-state index contributed by atoms with van der Waals surface area (Å²) in [5.74, 6) is 3.34. The SMILES string of the molecule is Cc1c(Nc2nc3ccccc3s2)nnc2c1CCCN2c1ccc(-c2cnn(CC3CC4CC5CC3CC(OCCNCCCCO)(C4)C5)c2C)c(C(=O)O)n1. The number of anilines is 4. The van der Waals surface area contributed by atoms with Gasteiger partial charge in [0.1, 0.15) is 5.82 Å². The van der Waals surface area contributed by atoms with Gasteiger partial charge in [0.15, 0.2) is 22.5 Å². The highest BCUT2D eigenvalue weighted by Gasteiger charge is 2.52. The monoisotopic (exact) mass is 791 g/mol. The molecule has 4 aromatic heterocycles. The molecule has 10 rings (SSSR count). The van der Waals surface area contributed by atoms with Crippen molar-refractivity contribution in [3.63, 3.8) is 0 Å². The lowest BCUT2D eigenvalue weighted by molar-refractivity contribution is -0.123. The molecule has 0 saturated heterocycles. The number of thiazole rings is 1. The maximum atomic E-state index is 12.9. The zero-order valence-corrected chi connectivity index (χ0v) is 33.7. The first kappa shape index (κ1) is 38.0. The molecule has 4 saturated carbocycles. The maximum Gasteiger partial charge on any atom is 0.355 e. The Morgan fingerprint density at radius 2 is 1.86 bits per heavy atom. The Morgan fingerprint density at radius 1 is 1.00 bits per heavy atom. The number of nitrogens with one attached hydrogen (secondary N) is 2. The fourth-order valence-electron chi connectivity index (χ4n) is 10.5. The van der Waals surface area contributed by atoms with Crippen molar-refractivity contribution in [3.8, 4) is 11.1 Å². The predicted molar refractivity (Wildman–Crippen MR) is 222 cm³/mol. The molecule has 4 bridgehead atoms. The van der Waals surface area contributed by atoms with E-state index in [0.29, 0.717) is 47.3 Å². The molecule has 4 fully saturated rings. The van der Waals surface area contributed by atoms with Crippen LogP contribution >= 0.6 is 11.3 Å². The van der Waals surface area contributed by atoms with Crippen molar-refractivity contribution in [3.05, 3.63) is 65.1 Å². The molecule has 1 aliphatic heterocycles. The van der Waals surface area contributed by atoms with Gasteiger partial charge in [-0.3, -0.25) is 4.68 Å². The van der Waals surface area contributed by atoms with Gasteiger partial charge >= 0.3 is 5.97 Å². The third-order valence-electron chi connectivity index (χ3n) is 13.1. The fourth-order valence-corrected chi connectivity index (χ4v) is 11.4. The molecular formula is C43H53N9O4S. The lowest BCUT2D eigenvalue weighted by Gasteiger charge is -2.48. The van der Waals surface area contributed by atoms with Crippen LogP contribution in [0.1, 0.15) is 85.1 Å². The summed E-state index contributed by atoms with van der Waals surface area (Å²) < 4.78 is 9.96. The van der Waals surface area contributed by atoms with E-state index in [9.17, 15) is 9.90 Å².